The second-order valence-corrected chi connectivity index (χ2v) is 6.91. The molecule has 0 unspecified atom stereocenters. The first-order valence-corrected chi connectivity index (χ1v) is 9.55. The number of hydrogen-bond acceptors (Lipinski definition) is 9. The number of methoxy groups -OCH3 is 1. The van der Waals surface area contributed by atoms with Crippen molar-refractivity contribution in [1.29, 1.82) is 0 Å². The topological polar surface area (TPSA) is 91.3 Å². The van der Waals surface area contributed by atoms with Crippen molar-refractivity contribution in [3.8, 4) is 17.1 Å². The Kier molecular flexibility index (Phi) is 5.26. The molecule has 1 saturated heterocycles. The molecule has 3 aromatic rings. The molecule has 0 aliphatic carbocycles. The largest absolute Gasteiger partial charge is 0.497 e. The lowest BCUT2D eigenvalue weighted by Crippen LogP contribution is -2.37. The molecule has 1 aliphatic rings. The lowest BCUT2D eigenvalue weighted by Gasteiger charge is -2.27. The van der Waals surface area contributed by atoms with Crippen LogP contribution < -0.4 is 9.64 Å². The molecule has 27 heavy (non-hydrogen) atoms. The highest BCUT2D eigenvalue weighted by molar-refractivity contribution is 7.98. The number of morpholine rings is 1. The average molecular weight is 388 g/mol. The molecule has 3 heterocycles. The molecule has 2 aromatic heterocycles. The summed E-state index contributed by atoms with van der Waals surface area (Å²) in [4.78, 5) is 6.63. The van der Waals surface area contributed by atoms with E-state index in [9.17, 15) is 0 Å². The summed E-state index contributed by atoms with van der Waals surface area (Å²) >= 11 is 1.51. The molecular weight excluding hydrogens is 368 g/mol. The van der Waals surface area contributed by atoms with E-state index >= 15 is 0 Å². The number of anilines is 1. The fraction of sp³-hybridized carbons (Fsp3) is 0.412. The van der Waals surface area contributed by atoms with Gasteiger partial charge in [0.15, 0.2) is 5.16 Å². The molecule has 9 nitrogen and oxygen atoms in total. The number of ether oxygens (including phenoxy) is 2. The summed E-state index contributed by atoms with van der Waals surface area (Å²) in [6.45, 7) is 3.08. The summed E-state index contributed by atoms with van der Waals surface area (Å²) in [5.41, 5.74) is 0.879. The van der Waals surface area contributed by atoms with Gasteiger partial charge in [-0.05, 0) is 24.3 Å². The fourth-order valence-corrected chi connectivity index (χ4v) is 3.51. The normalized spacial score (nSPS) is 14.5. The predicted molar refractivity (Wildman–Crippen MR) is 99.9 cm³/mol. The Bertz CT molecular complexity index is 888. The van der Waals surface area contributed by atoms with E-state index in [0.29, 0.717) is 30.7 Å². The van der Waals surface area contributed by atoms with Gasteiger partial charge in [-0.25, -0.2) is 0 Å². The molecule has 4 rings (SSSR count). The summed E-state index contributed by atoms with van der Waals surface area (Å²) in [6, 6.07) is 7.54. The minimum absolute atomic E-state index is 0.526. The van der Waals surface area contributed by atoms with E-state index in [2.05, 4.69) is 25.2 Å². The van der Waals surface area contributed by atoms with Crippen LogP contribution in [0, 0.1) is 0 Å². The molecular formula is C17H20N6O3S. The quantitative estimate of drug-likeness (QED) is 0.588. The van der Waals surface area contributed by atoms with Crippen molar-refractivity contribution < 1.29 is 14.0 Å². The summed E-state index contributed by atoms with van der Waals surface area (Å²) in [5, 5.41) is 13.4. The lowest BCUT2D eigenvalue weighted by atomic mass is 10.2. The number of hydrogen-bond donors (Lipinski definition) is 0. The number of rotatable bonds is 6. The number of aromatic nitrogens is 5. The van der Waals surface area contributed by atoms with Gasteiger partial charge in [0.25, 0.3) is 0 Å². The summed E-state index contributed by atoms with van der Waals surface area (Å²) in [6.07, 6.45) is 0. The van der Waals surface area contributed by atoms with E-state index in [1.807, 2.05) is 35.9 Å². The lowest BCUT2D eigenvalue weighted by molar-refractivity contribution is 0.121. The van der Waals surface area contributed by atoms with Crippen LogP contribution in [0.4, 0.5) is 5.95 Å². The van der Waals surface area contributed by atoms with Crippen LogP contribution in [0.15, 0.2) is 33.9 Å². The maximum Gasteiger partial charge on any atom is 0.237 e. The minimum Gasteiger partial charge on any atom is -0.497 e. The van der Waals surface area contributed by atoms with Gasteiger partial charge in [-0.1, -0.05) is 16.9 Å². The monoisotopic (exact) mass is 388 g/mol. The molecule has 10 heteroatoms. The summed E-state index contributed by atoms with van der Waals surface area (Å²) in [7, 11) is 3.60. The van der Waals surface area contributed by atoms with Gasteiger partial charge in [-0.2, -0.15) is 4.98 Å². The Morgan fingerprint density at radius 2 is 1.93 bits per heavy atom. The Hall–Kier alpha value is -2.59. The number of nitrogens with zero attached hydrogens (tertiary/aromatic N) is 6. The fourth-order valence-electron chi connectivity index (χ4n) is 2.77. The van der Waals surface area contributed by atoms with Crippen molar-refractivity contribution in [2.75, 3.05) is 38.3 Å². The highest BCUT2D eigenvalue weighted by atomic mass is 32.2. The molecule has 0 radical (unpaired) electrons. The van der Waals surface area contributed by atoms with Crippen LogP contribution in [0.2, 0.25) is 0 Å². The molecule has 1 aromatic carbocycles. The van der Waals surface area contributed by atoms with E-state index in [1.165, 1.54) is 11.8 Å². The second-order valence-electron chi connectivity index (χ2n) is 5.97. The third kappa shape index (κ3) is 3.91. The Morgan fingerprint density at radius 1 is 1.15 bits per heavy atom. The third-order valence-electron chi connectivity index (χ3n) is 4.25. The average Bonchev–Trinajstić information content (AvgIpc) is 3.34. The molecule has 142 valence electrons. The number of benzene rings is 1. The first-order chi connectivity index (χ1) is 13.2. The van der Waals surface area contributed by atoms with Gasteiger partial charge in [0, 0.05) is 25.7 Å². The minimum atomic E-state index is 0.526. The predicted octanol–water partition coefficient (Wildman–Crippen LogP) is 2.00. The van der Waals surface area contributed by atoms with Gasteiger partial charge in [0.05, 0.1) is 26.1 Å². The standard InChI is InChI=1S/C17H20N6O3S/c1-22-16(23-7-9-25-10-8-23)19-20-17(22)27-11-14-18-15(21-26-14)12-3-5-13(24-2)6-4-12/h3-6H,7-11H2,1-2H3. The molecule has 1 fully saturated rings. The van der Waals surface area contributed by atoms with Crippen LogP contribution in [0.3, 0.4) is 0 Å². The van der Waals surface area contributed by atoms with Crippen LogP contribution in [-0.4, -0.2) is 58.3 Å². The summed E-state index contributed by atoms with van der Waals surface area (Å²) < 4.78 is 17.9. The maximum atomic E-state index is 5.39. The maximum absolute atomic E-state index is 5.39. The highest BCUT2D eigenvalue weighted by Crippen LogP contribution is 2.25. The third-order valence-corrected chi connectivity index (χ3v) is 5.25. The van der Waals surface area contributed by atoms with Crippen LogP contribution in [-0.2, 0) is 17.5 Å². The van der Waals surface area contributed by atoms with E-state index in [0.717, 1.165) is 35.5 Å². The Morgan fingerprint density at radius 3 is 2.67 bits per heavy atom. The van der Waals surface area contributed by atoms with Crippen LogP contribution >= 0.6 is 11.8 Å². The van der Waals surface area contributed by atoms with E-state index in [1.54, 1.807) is 7.11 Å². The van der Waals surface area contributed by atoms with Gasteiger partial charge < -0.3 is 18.9 Å². The Balaban J connectivity index is 1.40. The molecule has 0 saturated carbocycles. The summed E-state index contributed by atoms with van der Waals surface area (Å²) in [5.74, 6) is 3.27. The van der Waals surface area contributed by atoms with Crippen molar-refractivity contribution in [3.05, 3.63) is 30.2 Å². The van der Waals surface area contributed by atoms with Crippen molar-refractivity contribution in [1.82, 2.24) is 24.9 Å². The van der Waals surface area contributed by atoms with Crippen molar-refractivity contribution in [2.24, 2.45) is 7.05 Å². The van der Waals surface area contributed by atoms with Gasteiger partial charge in [0.2, 0.25) is 17.7 Å². The number of thioether (sulfide) groups is 1. The highest BCUT2D eigenvalue weighted by Gasteiger charge is 2.19. The first-order valence-electron chi connectivity index (χ1n) is 8.56. The molecule has 0 atom stereocenters. The van der Waals surface area contributed by atoms with E-state index in [4.69, 9.17) is 14.0 Å². The molecule has 0 spiro atoms. The van der Waals surface area contributed by atoms with Crippen LogP contribution in [0.1, 0.15) is 5.89 Å². The van der Waals surface area contributed by atoms with Gasteiger partial charge in [-0.15, -0.1) is 10.2 Å². The Labute approximate surface area is 160 Å². The molecule has 0 amide bonds. The SMILES string of the molecule is COc1ccc(-c2noc(CSc3nnc(N4CCOCC4)n3C)n2)cc1. The van der Waals surface area contributed by atoms with Crippen molar-refractivity contribution in [3.63, 3.8) is 0 Å². The zero-order chi connectivity index (χ0) is 18.6. The molecule has 0 bridgehead atoms. The zero-order valence-electron chi connectivity index (χ0n) is 15.2. The molecule has 0 N–H and O–H groups in total. The van der Waals surface area contributed by atoms with Crippen molar-refractivity contribution >= 4 is 17.7 Å². The van der Waals surface area contributed by atoms with Crippen LogP contribution in [0.5, 0.6) is 5.75 Å². The first kappa shape index (κ1) is 17.8. The van der Waals surface area contributed by atoms with E-state index < -0.39 is 0 Å². The van der Waals surface area contributed by atoms with Gasteiger partial charge in [0.1, 0.15) is 5.75 Å². The molecule has 1 aliphatic heterocycles. The van der Waals surface area contributed by atoms with E-state index in [-0.39, 0.29) is 0 Å². The smallest absolute Gasteiger partial charge is 0.237 e. The van der Waals surface area contributed by atoms with Gasteiger partial charge in [-0.3, -0.25) is 4.57 Å². The zero-order valence-corrected chi connectivity index (χ0v) is 16.0. The van der Waals surface area contributed by atoms with Gasteiger partial charge >= 0.3 is 0 Å². The van der Waals surface area contributed by atoms with Crippen LogP contribution in [0.25, 0.3) is 11.4 Å². The van der Waals surface area contributed by atoms with Crippen molar-refractivity contribution in [2.45, 2.75) is 10.9 Å². The second kappa shape index (κ2) is 7.97.